The SMILES string of the molecule is CCCCCCCCC(=O)OC(COC(C)=O)COP(=O)(O)OCC[N+](C)(C)C. The Kier molecular flexibility index (Phi) is 14.4. The van der Waals surface area contributed by atoms with Gasteiger partial charge in [-0.25, -0.2) is 4.57 Å². The highest BCUT2D eigenvalue weighted by Gasteiger charge is 2.26. The van der Waals surface area contributed by atoms with E-state index in [2.05, 4.69) is 6.92 Å². The molecule has 0 aromatic carbocycles. The molecule has 0 rings (SSSR count). The van der Waals surface area contributed by atoms with Crippen LogP contribution in [0.2, 0.25) is 0 Å². The van der Waals surface area contributed by atoms with Crippen molar-refractivity contribution in [3.05, 3.63) is 0 Å². The fourth-order valence-corrected chi connectivity index (χ4v) is 3.01. The van der Waals surface area contributed by atoms with Crippen molar-refractivity contribution in [2.24, 2.45) is 0 Å². The molecule has 0 saturated carbocycles. The van der Waals surface area contributed by atoms with E-state index < -0.39 is 32.5 Å². The molecule has 0 radical (unpaired) electrons. The second-order valence-electron chi connectivity index (χ2n) is 8.04. The van der Waals surface area contributed by atoms with Gasteiger partial charge < -0.3 is 18.9 Å². The van der Waals surface area contributed by atoms with Gasteiger partial charge in [-0.15, -0.1) is 0 Å². The molecule has 1 N–H and O–H groups in total. The summed E-state index contributed by atoms with van der Waals surface area (Å²) in [5.74, 6) is -1.01. The number of phosphoric ester groups is 1. The number of hydrogen-bond donors (Lipinski definition) is 1. The Balaban J connectivity index is 4.40. The van der Waals surface area contributed by atoms with Gasteiger partial charge in [-0.3, -0.25) is 18.6 Å². The third-order valence-corrected chi connectivity index (χ3v) is 4.93. The molecule has 10 heteroatoms. The third kappa shape index (κ3) is 18.8. The molecule has 0 aliphatic rings. The van der Waals surface area contributed by atoms with Crippen LogP contribution in [0.25, 0.3) is 0 Å². The summed E-state index contributed by atoms with van der Waals surface area (Å²) in [5.41, 5.74) is 0. The third-order valence-electron chi connectivity index (χ3n) is 3.95. The summed E-state index contributed by atoms with van der Waals surface area (Å²) in [6, 6.07) is 0. The van der Waals surface area contributed by atoms with Crippen LogP contribution >= 0.6 is 7.82 Å². The first-order chi connectivity index (χ1) is 13.4. The van der Waals surface area contributed by atoms with Gasteiger partial charge in [-0.05, 0) is 6.42 Å². The van der Waals surface area contributed by atoms with Crippen molar-refractivity contribution in [3.8, 4) is 0 Å². The zero-order chi connectivity index (χ0) is 22.3. The number of esters is 2. The van der Waals surface area contributed by atoms with Gasteiger partial charge in [0.2, 0.25) is 0 Å². The Morgan fingerprint density at radius 3 is 2.21 bits per heavy atom. The molecule has 0 saturated heterocycles. The molecule has 2 unspecified atom stereocenters. The molecule has 0 aliphatic carbocycles. The second kappa shape index (κ2) is 14.9. The Bertz CT molecular complexity index is 521. The topological polar surface area (TPSA) is 108 Å². The van der Waals surface area contributed by atoms with Crippen molar-refractivity contribution in [2.45, 2.75) is 64.9 Å². The molecule has 0 heterocycles. The number of ether oxygens (including phenoxy) is 2. The van der Waals surface area contributed by atoms with Gasteiger partial charge in [0, 0.05) is 13.3 Å². The summed E-state index contributed by atoms with van der Waals surface area (Å²) < 4.78 is 32.5. The fourth-order valence-electron chi connectivity index (χ4n) is 2.27. The highest BCUT2D eigenvalue weighted by molar-refractivity contribution is 7.47. The smallest absolute Gasteiger partial charge is 0.462 e. The van der Waals surface area contributed by atoms with Gasteiger partial charge in [0.05, 0.1) is 27.7 Å². The summed E-state index contributed by atoms with van der Waals surface area (Å²) in [4.78, 5) is 32.8. The summed E-state index contributed by atoms with van der Waals surface area (Å²) in [6.07, 6.45) is 5.46. The zero-order valence-electron chi connectivity index (χ0n) is 18.6. The highest BCUT2D eigenvalue weighted by Crippen LogP contribution is 2.43. The molecule has 29 heavy (non-hydrogen) atoms. The molecule has 9 nitrogen and oxygen atoms in total. The molecule has 0 aromatic heterocycles. The maximum absolute atomic E-state index is 12.0. The molecular weight excluding hydrogens is 401 g/mol. The van der Waals surface area contributed by atoms with E-state index in [-0.39, 0.29) is 19.6 Å². The maximum atomic E-state index is 12.0. The van der Waals surface area contributed by atoms with E-state index in [0.717, 1.165) is 25.7 Å². The first-order valence-corrected chi connectivity index (χ1v) is 11.7. The number of unbranched alkanes of at least 4 members (excludes halogenated alkanes) is 5. The van der Waals surface area contributed by atoms with Gasteiger partial charge >= 0.3 is 19.8 Å². The van der Waals surface area contributed by atoms with Crippen molar-refractivity contribution in [1.82, 2.24) is 0 Å². The minimum Gasteiger partial charge on any atom is -0.462 e. The van der Waals surface area contributed by atoms with Crippen molar-refractivity contribution in [1.29, 1.82) is 0 Å². The molecule has 0 bridgehead atoms. The number of carbonyl (C=O) groups is 2. The van der Waals surface area contributed by atoms with Crippen LogP contribution in [0.3, 0.4) is 0 Å². The van der Waals surface area contributed by atoms with E-state index in [9.17, 15) is 19.0 Å². The zero-order valence-corrected chi connectivity index (χ0v) is 19.4. The van der Waals surface area contributed by atoms with Crippen molar-refractivity contribution < 1.29 is 42.1 Å². The van der Waals surface area contributed by atoms with Crippen LogP contribution in [0.5, 0.6) is 0 Å². The van der Waals surface area contributed by atoms with Crippen LogP contribution < -0.4 is 0 Å². The van der Waals surface area contributed by atoms with Crippen LogP contribution in [0.4, 0.5) is 0 Å². The number of carbonyl (C=O) groups excluding carboxylic acids is 2. The van der Waals surface area contributed by atoms with Crippen LogP contribution in [-0.2, 0) is 32.7 Å². The molecule has 0 amide bonds. The van der Waals surface area contributed by atoms with E-state index in [4.69, 9.17) is 18.5 Å². The van der Waals surface area contributed by atoms with E-state index in [1.54, 1.807) is 0 Å². The molecule has 0 aliphatic heterocycles. The number of nitrogens with zero attached hydrogens (tertiary/aromatic N) is 1. The first-order valence-electron chi connectivity index (χ1n) is 10.2. The van der Waals surface area contributed by atoms with Crippen molar-refractivity contribution in [3.63, 3.8) is 0 Å². The molecule has 172 valence electrons. The van der Waals surface area contributed by atoms with Crippen LogP contribution in [0.15, 0.2) is 0 Å². The van der Waals surface area contributed by atoms with Crippen LogP contribution in [-0.4, -0.2) is 74.9 Å². The standard InChI is InChI=1S/C19H38NO8P/c1-6-7-8-9-10-11-12-19(22)28-18(15-25-17(2)21)16-27-29(23,24)26-14-13-20(3,4)5/h18H,6-16H2,1-5H3/p+1. The highest BCUT2D eigenvalue weighted by atomic mass is 31.2. The summed E-state index contributed by atoms with van der Waals surface area (Å²) in [6.45, 7) is 3.25. The van der Waals surface area contributed by atoms with Gasteiger partial charge in [0.25, 0.3) is 0 Å². The van der Waals surface area contributed by atoms with Crippen LogP contribution in [0.1, 0.15) is 58.8 Å². The molecule has 0 spiro atoms. The average molecular weight is 440 g/mol. The predicted octanol–water partition coefficient (Wildman–Crippen LogP) is 3.05. The number of phosphoric acid groups is 1. The van der Waals surface area contributed by atoms with E-state index in [0.29, 0.717) is 17.4 Å². The lowest BCUT2D eigenvalue weighted by atomic mass is 10.1. The summed E-state index contributed by atoms with van der Waals surface area (Å²) in [7, 11) is 1.46. The van der Waals surface area contributed by atoms with Crippen molar-refractivity contribution in [2.75, 3.05) is 47.5 Å². The van der Waals surface area contributed by atoms with Crippen molar-refractivity contribution >= 4 is 19.8 Å². The second-order valence-corrected chi connectivity index (χ2v) is 9.50. The molecule has 0 fully saturated rings. The number of rotatable bonds is 17. The lowest BCUT2D eigenvalue weighted by Gasteiger charge is -2.24. The van der Waals surface area contributed by atoms with Gasteiger partial charge in [-0.1, -0.05) is 39.0 Å². The lowest BCUT2D eigenvalue weighted by Crippen LogP contribution is -2.37. The van der Waals surface area contributed by atoms with Crippen LogP contribution in [0, 0.1) is 0 Å². The Hall–Kier alpha value is -0.990. The largest absolute Gasteiger partial charge is 0.472 e. The quantitative estimate of drug-likeness (QED) is 0.159. The maximum Gasteiger partial charge on any atom is 0.472 e. The molecule has 2 atom stereocenters. The number of likely N-dealkylation sites (N-methyl/N-ethyl adjacent to an activating group) is 1. The van der Waals surface area contributed by atoms with Gasteiger partial charge in [0.15, 0.2) is 6.10 Å². The van der Waals surface area contributed by atoms with Gasteiger partial charge in [-0.2, -0.15) is 0 Å². The van der Waals surface area contributed by atoms with E-state index in [1.165, 1.54) is 13.3 Å². The number of quaternary nitrogens is 1. The van der Waals surface area contributed by atoms with E-state index in [1.807, 2.05) is 21.1 Å². The van der Waals surface area contributed by atoms with E-state index >= 15 is 0 Å². The Labute approximate surface area is 174 Å². The summed E-state index contributed by atoms with van der Waals surface area (Å²) >= 11 is 0. The predicted molar refractivity (Wildman–Crippen MR) is 109 cm³/mol. The lowest BCUT2D eigenvalue weighted by molar-refractivity contribution is -0.870. The summed E-state index contributed by atoms with van der Waals surface area (Å²) in [5, 5.41) is 0. The monoisotopic (exact) mass is 440 g/mol. The number of hydrogen-bond acceptors (Lipinski definition) is 7. The minimum absolute atomic E-state index is 0.0315. The van der Waals surface area contributed by atoms with Gasteiger partial charge in [0.1, 0.15) is 19.8 Å². The Morgan fingerprint density at radius 2 is 1.62 bits per heavy atom. The fraction of sp³-hybridized carbons (Fsp3) is 0.895. The average Bonchev–Trinajstić information content (AvgIpc) is 2.59. The molecular formula is C19H39NO8P+. The Morgan fingerprint density at radius 1 is 1.00 bits per heavy atom. The first kappa shape index (κ1) is 28.0. The molecule has 0 aromatic rings. The normalized spacial score (nSPS) is 14.8. The minimum atomic E-state index is -4.30.